The average Bonchev–Trinajstić information content (AvgIpc) is 2.70. The molecule has 0 bridgehead atoms. The van der Waals surface area contributed by atoms with Crippen molar-refractivity contribution in [2.75, 3.05) is 44.4 Å². The van der Waals surface area contributed by atoms with Gasteiger partial charge in [-0.25, -0.2) is 9.37 Å². The van der Waals surface area contributed by atoms with Crippen molar-refractivity contribution in [3.8, 4) is 0 Å². The van der Waals surface area contributed by atoms with Crippen molar-refractivity contribution in [3.05, 3.63) is 54.0 Å². The molecule has 2 heterocycles. The number of aliphatic imine (C=N–C) groups is 1. The number of anilines is 1. The highest BCUT2D eigenvalue weighted by Gasteiger charge is 2.20. The monoisotopic (exact) mass is 501 g/mol. The van der Waals surface area contributed by atoms with Crippen LogP contribution >= 0.6 is 35.7 Å². The van der Waals surface area contributed by atoms with Crippen LogP contribution in [0.15, 0.2) is 52.5 Å². The molecule has 5 nitrogen and oxygen atoms in total. The predicted octanol–water partition coefficient (Wildman–Crippen LogP) is 3.46. The normalized spacial score (nSPS) is 14.7. The maximum Gasteiger partial charge on any atom is 0.194 e. The second-order valence-electron chi connectivity index (χ2n) is 6.02. The molecule has 0 spiro atoms. The van der Waals surface area contributed by atoms with Crippen molar-refractivity contribution >= 4 is 47.5 Å². The summed E-state index contributed by atoms with van der Waals surface area (Å²) in [6.07, 6.45) is 3.83. The first-order chi connectivity index (χ1) is 12.7. The van der Waals surface area contributed by atoms with Gasteiger partial charge in [-0.05, 0) is 42.2 Å². The molecule has 146 valence electrons. The Morgan fingerprint density at radius 1 is 1.22 bits per heavy atom. The van der Waals surface area contributed by atoms with Gasteiger partial charge < -0.3 is 15.1 Å². The van der Waals surface area contributed by atoms with Gasteiger partial charge in [0.1, 0.15) is 11.6 Å². The molecule has 0 amide bonds. The lowest BCUT2D eigenvalue weighted by molar-refractivity contribution is 0.371. The van der Waals surface area contributed by atoms with Crippen molar-refractivity contribution in [1.82, 2.24) is 15.2 Å². The third-order valence-corrected chi connectivity index (χ3v) is 5.28. The fourth-order valence-corrected chi connectivity index (χ4v) is 3.68. The van der Waals surface area contributed by atoms with Crippen LogP contribution < -0.4 is 10.2 Å². The van der Waals surface area contributed by atoms with Gasteiger partial charge in [0.2, 0.25) is 0 Å². The number of halogens is 2. The van der Waals surface area contributed by atoms with Crippen molar-refractivity contribution in [1.29, 1.82) is 0 Å². The summed E-state index contributed by atoms with van der Waals surface area (Å²) >= 11 is 1.62. The van der Waals surface area contributed by atoms with E-state index in [1.54, 1.807) is 24.9 Å². The lowest BCUT2D eigenvalue weighted by Gasteiger charge is -2.37. The Balaban J connectivity index is 0.00000261. The maximum atomic E-state index is 13.6. The zero-order valence-electron chi connectivity index (χ0n) is 15.6. The highest BCUT2D eigenvalue weighted by atomic mass is 127. The fraction of sp³-hybridized carbons (Fsp3) is 0.368. The molecule has 2 aromatic rings. The van der Waals surface area contributed by atoms with Crippen LogP contribution in [0.3, 0.4) is 0 Å². The zero-order chi connectivity index (χ0) is 18.4. The summed E-state index contributed by atoms with van der Waals surface area (Å²) in [5.74, 6) is 1.65. The molecule has 0 aliphatic carbocycles. The number of hydrogen-bond donors (Lipinski definition) is 1. The van der Waals surface area contributed by atoms with Crippen molar-refractivity contribution in [3.63, 3.8) is 0 Å². The second-order valence-corrected chi connectivity index (χ2v) is 6.87. The molecule has 0 radical (unpaired) electrons. The van der Waals surface area contributed by atoms with Gasteiger partial charge in [0, 0.05) is 50.9 Å². The van der Waals surface area contributed by atoms with E-state index >= 15 is 0 Å². The topological polar surface area (TPSA) is 43.8 Å². The first kappa shape index (κ1) is 21.7. The first-order valence-corrected chi connectivity index (χ1v) is 9.87. The lowest BCUT2D eigenvalue weighted by Crippen LogP contribution is -2.52. The quantitative estimate of drug-likeness (QED) is 0.301. The number of thioether (sulfide) groups is 1. The van der Waals surface area contributed by atoms with E-state index in [2.05, 4.69) is 25.1 Å². The number of nitrogens with zero attached hydrogens (tertiary/aromatic N) is 4. The summed E-state index contributed by atoms with van der Waals surface area (Å²) in [6.45, 7) is 4.09. The van der Waals surface area contributed by atoms with Crippen LogP contribution in [0.1, 0.15) is 5.56 Å². The largest absolute Gasteiger partial charge is 0.353 e. The third kappa shape index (κ3) is 5.71. The molecule has 0 saturated carbocycles. The van der Waals surface area contributed by atoms with Crippen LogP contribution in [0, 0.1) is 5.82 Å². The van der Waals surface area contributed by atoms with Gasteiger partial charge in [-0.2, -0.15) is 0 Å². The molecule has 0 unspecified atom stereocenters. The van der Waals surface area contributed by atoms with E-state index in [9.17, 15) is 4.39 Å². The van der Waals surface area contributed by atoms with Gasteiger partial charge >= 0.3 is 0 Å². The Morgan fingerprint density at radius 2 is 2.00 bits per heavy atom. The van der Waals surface area contributed by atoms with E-state index in [1.165, 1.54) is 6.07 Å². The third-order valence-electron chi connectivity index (χ3n) is 4.44. The minimum atomic E-state index is -0.210. The maximum absolute atomic E-state index is 13.6. The van der Waals surface area contributed by atoms with Crippen molar-refractivity contribution < 1.29 is 4.39 Å². The summed E-state index contributed by atoms with van der Waals surface area (Å²) < 4.78 is 13.6. The van der Waals surface area contributed by atoms with E-state index in [4.69, 9.17) is 0 Å². The van der Waals surface area contributed by atoms with E-state index < -0.39 is 0 Å². The van der Waals surface area contributed by atoms with Crippen molar-refractivity contribution in [2.45, 2.75) is 11.4 Å². The molecule has 27 heavy (non-hydrogen) atoms. The number of piperazine rings is 1. The summed E-state index contributed by atoms with van der Waals surface area (Å²) in [6, 6.07) is 10.9. The van der Waals surface area contributed by atoms with Gasteiger partial charge in [-0.15, -0.1) is 35.7 Å². The van der Waals surface area contributed by atoms with Crippen LogP contribution in [0.5, 0.6) is 0 Å². The van der Waals surface area contributed by atoms with Crippen LogP contribution in [-0.2, 0) is 6.54 Å². The Kier molecular flexibility index (Phi) is 8.62. The highest BCUT2D eigenvalue weighted by molar-refractivity contribution is 14.0. The number of rotatable bonds is 4. The van der Waals surface area contributed by atoms with Gasteiger partial charge in [-0.1, -0.05) is 6.07 Å². The Labute approximate surface area is 181 Å². The molecule has 0 atom stereocenters. The number of guanidine groups is 1. The lowest BCUT2D eigenvalue weighted by atomic mass is 10.2. The van der Waals surface area contributed by atoms with Crippen molar-refractivity contribution in [2.24, 2.45) is 4.99 Å². The molecule has 1 aromatic carbocycles. The minimum absolute atomic E-state index is 0. The van der Waals surface area contributed by atoms with E-state index in [0.29, 0.717) is 6.54 Å². The summed E-state index contributed by atoms with van der Waals surface area (Å²) in [5.41, 5.74) is 0.950. The second kappa shape index (κ2) is 10.7. The average molecular weight is 501 g/mol. The highest BCUT2D eigenvalue weighted by Crippen LogP contribution is 2.21. The standard InChI is InChI=1S/C19H24FN5S.HI/c1-21-19(23-14-15-13-16(20)6-7-17(15)26-2)25-11-9-24(10-12-25)18-5-3-4-8-22-18;/h3-8,13H,9-12,14H2,1-2H3,(H,21,23);1H. The number of nitrogens with one attached hydrogen (secondary N) is 1. The molecule has 1 N–H and O–H groups in total. The van der Waals surface area contributed by atoms with E-state index in [0.717, 1.165) is 48.4 Å². The Morgan fingerprint density at radius 3 is 2.63 bits per heavy atom. The molecule has 8 heteroatoms. The Hall–Kier alpha value is -1.55. The van der Waals surface area contributed by atoms with Crippen LogP contribution in [0.4, 0.5) is 10.2 Å². The van der Waals surface area contributed by atoms with Gasteiger partial charge in [0.15, 0.2) is 5.96 Å². The number of pyridine rings is 1. The van der Waals surface area contributed by atoms with Gasteiger partial charge in [-0.3, -0.25) is 4.99 Å². The smallest absolute Gasteiger partial charge is 0.194 e. The zero-order valence-corrected chi connectivity index (χ0v) is 18.7. The molecular formula is C19H25FIN5S. The molecule has 1 fully saturated rings. The first-order valence-electron chi connectivity index (χ1n) is 8.65. The SMILES string of the molecule is CN=C(NCc1cc(F)ccc1SC)N1CCN(c2ccccn2)CC1.I. The van der Waals surface area contributed by atoms with E-state index in [-0.39, 0.29) is 29.8 Å². The molecule has 3 rings (SSSR count). The predicted molar refractivity (Wildman–Crippen MR) is 122 cm³/mol. The van der Waals surface area contributed by atoms with Gasteiger partial charge in [0.25, 0.3) is 0 Å². The molecular weight excluding hydrogens is 476 g/mol. The molecule has 1 saturated heterocycles. The minimum Gasteiger partial charge on any atom is -0.353 e. The van der Waals surface area contributed by atoms with Crippen LogP contribution in [0.25, 0.3) is 0 Å². The summed E-state index contributed by atoms with van der Waals surface area (Å²) in [7, 11) is 1.79. The van der Waals surface area contributed by atoms with Crippen LogP contribution in [-0.4, -0.2) is 55.3 Å². The van der Waals surface area contributed by atoms with E-state index in [1.807, 2.05) is 36.7 Å². The van der Waals surface area contributed by atoms with Crippen LogP contribution in [0.2, 0.25) is 0 Å². The molecule has 1 aliphatic heterocycles. The molecule has 1 aromatic heterocycles. The summed E-state index contributed by atoms with van der Waals surface area (Å²) in [4.78, 5) is 14.4. The fourth-order valence-electron chi connectivity index (χ4n) is 3.08. The Bertz CT molecular complexity index is 751. The molecule has 1 aliphatic rings. The number of aromatic nitrogens is 1. The van der Waals surface area contributed by atoms with Gasteiger partial charge in [0.05, 0.1) is 0 Å². The number of hydrogen-bond acceptors (Lipinski definition) is 4. The summed E-state index contributed by atoms with van der Waals surface area (Å²) in [5, 5.41) is 3.37. The number of benzene rings is 1.